The van der Waals surface area contributed by atoms with Gasteiger partial charge in [0.15, 0.2) is 11.5 Å². The first kappa shape index (κ1) is 21.7. The Labute approximate surface area is 193 Å². The van der Waals surface area contributed by atoms with E-state index in [9.17, 15) is 4.79 Å². The number of benzene rings is 3. The molecular weight excluding hydrogens is 426 g/mol. The molecule has 3 aromatic rings. The van der Waals surface area contributed by atoms with Crippen molar-refractivity contribution in [3.63, 3.8) is 0 Å². The fraction of sp³-hybridized carbons (Fsp3) is 0.200. The molecule has 0 aromatic heterocycles. The summed E-state index contributed by atoms with van der Waals surface area (Å²) in [6.07, 6.45) is 0.812. The predicted octanol–water partition coefficient (Wildman–Crippen LogP) is 3.75. The summed E-state index contributed by atoms with van der Waals surface area (Å²) >= 11 is 0. The molecule has 0 radical (unpaired) electrons. The number of rotatable bonds is 4. The monoisotopic (exact) mass is 449 g/mol. The Hall–Kier alpha value is -3.51. The number of fused-ring (bicyclic) bond motifs is 1. The molecule has 0 aliphatic carbocycles. The van der Waals surface area contributed by atoms with Gasteiger partial charge in [-0.15, -0.1) is 12.4 Å². The van der Waals surface area contributed by atoms with Gasteiger partial charge in [0.05, 0.1) is 13.7 Å². The molecule has 0 spiro atoms. The number of hydrogen-bond acceptors (Lipinski definition) is 5. The van der Waals surface area contributed by atoms with Crippen molar-refractivity contribution in [1.29, 1.82) is 0 Å². The molecule has 1 amide bonds. The van der Waals surface area contributed by atoms with Crippen LogP contribution in [0.5, 0.6) is 11.5 Å². The number of halogens is 1. The number of nitrogens with two attached hydrogens (primary N) is 1. The van der Waals surface area contributed by atoms with Gasteiger partial charge < -0.3 is 15.2 Å². The molecule has 2 N–H and O–H groups in total. The van der Waals surface area contributed by atoms with Crippen LogP contribution in [0.1, 0.15) is 16.7 Å². The smallest absolute Gasteiger partial charge is 0.266 e. The molecule has 1 unspecified atom stereocenters. The summed E-state index contributed by atoms with van der Waals surface area (Å²) in [7, 11) is 3.30. The number of carbonyl (C=O) groups is 1. The summed E-state index contributed by atoms with van der Waals surface area (Å²) < 4.78 is 11.0. The molecule has 7 heteroatoms. The van der Waals surface area contributed by atoms with Crippen LogP contribution >= 0.6 is 12.4 Å². The first-order valence-electron chi connectivity index (χ1n) is 10.2. The summed E-state index contributed by atoms with van der Waals surface area (Å²) in [4.78, 5) is 19.7. The lowest BCUT2D eigenvalue weighted by Crippen LogP contribution is -2.41. The second kappa shape index (κ2) is 8.20. The van der Waals surface area contributed by atoms with Crippen LogP contribution < -0.4 is 15.2 Å². The highest BCUT2D eigenvalue weighted by Gasteiger charge is 2.49. The third kappa shape index (κ3) is 3.28. The van der Waals surface area contributed by atoms with Gasteiger partial charge in [0.2, 0.25) is 0 Å². The molecule has 2 heterocycles. The van der Waals surface area contributed by atoms with Crippen molar-refractivity contribution in [2.45, 2.75) is 12.0 Å². The first-order chi connectivity index (χ1) is 15.0. The van der Waals surface area contributed by atoms with Crippen LogP contribution in [0.2, 0.25) is 0 Å². The minimum Gasteiger partial charge on any atom is -0.497 e. The van der Waals surface area contributed by atoms with Crippen LogP contribution in [-0.2, 0) is 16.8 Å². The van der Waals surface area contributed by atoms with Gasteiger partial charge in [-0.3, -0.25) is 9.69 Å². The van der Waals surface area contributed by atoms with Gasteiger partial charge in [-0.05, 0) is 58.1 Å². The third-order valence-corrected chi connectivity index (χ3v) is 6.03. The van der Waals surface area contributed by atoms with E-state index in [2.05, 4.69) is 0 Å². The highest BCUT2D eigenvalue weighted by atomic mass is 35.5. The number of hydrogen-bond donors (Lipinski definition) is 1. The minimum absolute atomic E-state index is 0. The van der Waals surface area contributed by atoms with E-state index in [1.165, 1.54) is 4.90 Å². The molecule has 0 fully saturated rings. The van der Waals surface area contributed by atoms with Gasteiger partial charge >= 0.3 is 0 Å². The summed E-state index contributed by atoms with van der Waals surface area (Å²) in [5.74, 6) is 1.66. The van der Waals surface area contributed by atoms with E-state index in [1.807, 2.05) is 66.7 Å². The van der Waals surface area contributed by atoms with Crippen molar-refractivity contribution >= 4 is 24.3 Å². The average molecular weight is 450 g/mol. The Morgan fingerprint density at radius 3 is 2.47 bits per heavy atom. The lowest BCUT2D eigenvalue weighted by Gasteiger charge is -2.27. The van der Waals surface area contributed by atoms with Crippen LogP contribution in [0.15, 0.2) is 71.7 Å². The highest BCUT2D eigenvalue weighted by Crippen LogP contribution is 2.42. The maximum Gasteiger partial charge on any atom is 0.266 e. The zero-order valence-electron chi connectivity index (χ0n) is 17.9. The number of carbonyl (C=O) groups excluding carboxylic acids is 1. The number of aliphatic imine (C=N–C) groups is 1. The van der Waals surface area contributed by atoms with E-state index in [0.29, 0.717) is 6.61 Å². The van der Waals surface area contributed by atoms with E-state index in [-0.39, 0.29) is 24.3 Å². The molecule has 5 rings (SSSR count). The summed E-state index contributed by atoms with van der Waals surface area (Å²) in [6.45, 7) is 0.649. The van der Waals surface area contributed by atoms with Gasteiger partial charge in [-0.25, -0.2) is 4.99 Å². The van der Waals surface area contributed by atoms with Crippen molar-refractivity contribution < 1.29 is 14.3 Å². The van der Waals surface area contributed by atoms with Crippen molar-refractivity contribution in [3.05, 3.63) is 83.4 Å². The van der Waals surface area contributed by atoms with Gasteiger partial charge in [-0.1, -0.05) is 36.4 Å². The van der Waals surface area contributed by atoms with Crippen LogP contribution in [0.4, 0.5) is 0 Å². The van der Waals surface area contributed by atoms with E-state index < -0.39 is 5.54 Å². The zero-order valence-corrected chi connectivity index (χ0v) is 18.7. The van der Waals surface area contributed by atoms with E-state index in [0.717, 1.165) is 45.7 Å². The summed E-state index contributed by atoms with van der Waals surface area (Å²) in [6, 6.07) is 21.6. The molecule has 6 nitrogen and oxygen atoms in total. The summed E-state index contributed by atoms with van der Waals surface area (Å²) in [5.41, 5.74) is 9.50. The average Bonchev–Trinajstić information content (AvgIpc) is 3.37. The topological polar surface area (TPSA) is 77.2 Å². The second-order valence-corrected chi connectivity index (χ2v) is 7.78. The number of guanidine groups is 1. The Morgan fingerprint density at radius 2 is 1.75 bits per heavy atom. The molecule has 0 bridgehead atoms. The number of methoxy groups -OCH3 is 1. The first-order valence-corrected chi connectivity index (χ1v) is 10.2. The van der Waals surface area contributed by atoms with Crippen LogP contribution in [0.25, 0.3) is 11.1 Å². The molecule has 32 heavy (non-hydrogen) atoms. The fourth-order valence-electron chi connectivity index (χ4n) is 4.32. The van der Waals surface area contributed by atoms with Gasteiger partial charge in [0.1, 0.15) is 11.5 Å². The molecule has 3 aromatic carbocycles. The molecule has 2 aliphatic rings. The quantitative estimate of drug-likeness (QED) is 0.658. The number of ether oxygens (including phenoxy) is 2. The van der Waals surface area contributed by atoms with Crippen LogP contribution in [-0.4, -0.2) is 37.5 Å². The normalized spacial score (nSPS) is 19.1. The Kier molecular flexibility index (Phi) is 5.57. The maximum absolute atomic E-state index is 13.6. The van der Waals surface area contributed by atoms with E-state index in [4.69, 9.17) is 20.2 Å². The molecule has 164 valence electrons. The van der Waals surface area contributed by atoms with Gasteiger partial charge in [0.25, 0.3) is 5.91 Å². The molecular formula is C25H24ClN3O3. The van der Waals surface area contributed by atoms with Crippen molar-refractivity contribution in [1.82, 2.24) is 4.90 Å². The Morgan fingerprint density at radius 1 is 1.03 bits per heavy atom. The van der Waals surface area contributed by atoms with Crippen molar-refractivity contribution in [2.24, 2.45) is 10.7 Å². The predicted molar refractivity (Wildman–Crippen MR) is 126 cm³/mol. The largest absolute Gasteiger partial charge is 0.497 e. The standard InChI is InChI=1S/C25H23N3O3.ClH/c1-28-23(29)25(27-24(28)26,20-9-10-22-18(14-20)11-12-31-22)19-7-3-5-16(13-19)17-6-4-8-21(15-17)30-2;/h3-10,13-15H,11-12H2,1-2H3,(H2,26,27);1H. The number of likely N-dealkylation sites (N-methyl/N-ethyl adjacent to an activating group) is 1. The van der Waals surface area contributed by atoms with Crippen LogP contribution in [0.3, 0.4) is 0 Å². The highest BCUT2D eigenvalue weighted by molar-refractivity contribution is 6.09. The maximum atomic E-state index is 13.6. The molecule has 1 atom stereocenters. The Balaban J connectivity index is 0.00000245. The lowest BCUT2D eigenvalue weighted by molar-refractivity contribution is -0.129. The van der Waals surface area contributed by atoms with Crippen LogP contribution in [0, 0.1) is 0 Å². The molecule has 0 saturated heterocycles. The van der Waals surface area contributed by atoms with E-state index in [1.54, 1.807) is 14.2 Å². The Bertz CT molecular complexity index is 1230. The number of nitrogens with zero attached hydrogens (tertiary/aromatic N) is 2. The molecule has 0 saturated carbocycles. The lowest BCUT2D eigenvalue weighted by atomic mass is 9.81. The SMILES string of the molecule is COc1cccc(-c2cccc(C3(c4ccc5c(c4)CCO5)N=C(N)N(C)C3=O)c2)c1.Cl. The fourth-order valence-corrected chi connectivity index (χ4v) is 4.32. The van der Waals surface area contributed by atoms with Gasteiger partial charge in [0, 0.05) is 13.5 Å². The second-order valence-electron chi connectivity index (χ2n) is 7.78. The number of amides is 1. The third-order valence-electron chi connectivity index (χ3n) is 6.03. The van der Waals surface area contributed by atoms with Gasteiger partial charge in [-0.2, -0.15) is 0 Å². The minimum atomic E-state index is -1.23. The van der Waals surface area contributed by atoms with Crippen molar-refractivity contribution in [2.75, 3.05) is 20.8 Å². The summed E-state index contributed by atoms with van der Waals surface area (Å²) in [5, 5.41) is 0. The zero-order chi connectivity index (χ0) is 21.6. The van der Waals surface area contributed by atoms with Crippen molar-refractivity contribution in [3.8, 4) is 22.6 Å². The molecule has 2 aliphatic heterocycles. The van der Waals surface area contributed by atoms with E-state index >= 15 is 0 Å².